The molecule has 1 heterocycles. The number of nitrogens with two attached hydrogens (primary N) is 1. The van der Waals surface area contributed by atoms with Crippen molar-refractivity contribution in [1.82, 2.24) is 9.97 Å². The fraction of sp³-hybridized carbons (Fsp3) is 0.273. The van der Waals surface area contributed by atoms with Gasteiger partial charge in [-0.25, -0.2) is 9.97 Å². The summed E-state index contributed by atoms with van der Waals surface area (Å²) in [5.74, 6) is 1.50. The molecule has 4 rings (SSSR count). The number of nitrogens with zero attached hydrogens (tertiary/aromatic N) is 2. The number of rotatable bonds is 4. The first-order valence-electron chi connectivity index (χ1n) is 9.55. The fourth-order valence-electron chi connectivity index (χ4n) is 3.58. The van der Waals surface area contributed by atoms with E-state index in [4.69, 9.17) is 22.3 Å². The van der Waals surface area contributed by atoms with Gasteiger partial charge in [-0.2, -0.15) is 0 Å². The third kappa shape index (κ3) is 4.26. The molecule has 1 aromatic heterocycles. The number of halogens is 1. The van der Waals surface area contributed by atoms with E-state index >= 15 is 0 Å². The van der Waals surface area contributed by atoms with E-state index in [0.29, 0.717) is 16.7 Å². The summed E-state index contributed by atoms with van der Waals surface area (Å²) in [6.07, 6.45) is 8.18. The fourth-order valence-corrected chi connectivity index (χ4v) is 3.70. The quantitative estimate of drug-likeness (QED) is 0.589. The van der Waals surface area contributed by atoms with E-state index in [1.807, 2.05) is 36.4 Å². The van der Waals surface area contributed by atoms with Crippen LogP contribution in [0.4, 0.5) is 5.82 Å². The minimum Gasteiger partial charge on any atom is -0.508 e. The Balaban J connectivity index is 1.69. The molecule has 0 bridgehead atoms. The van der Waals surface area contributed by atoms with Crippen LogP contribution in [0.15, 0.2) is 42.5 Å². The number of phenols is 1. The Morgan fingerprint density at radius 2 is 1.82 bits per heavy atom. The molecule has 2 unspecified atom stereocenters. The van der Waals surface area contributed by atoms with Crippen molar-refractivity contribution in [3.8, 4) is 5.75 Å². The topological polar surface area (TPSA) is 84.1 Å². The molecule has 0 amide bonds. The molecular formula is C22H23ClN4O. The number of anilines is 1. The largest absolute Gasteiger partial charge is 0.508 e. The van der Waals surface area contributed by atoms with Crippen LogP contribution in [-0.2, 0) is 0 Å². The van der Waals surface area contributed by atoms with E-state index in [0.717, 1.165) is 35.7 Å². The zero-order valence-electron chi connectivity index (χ0n) is 15.5. The third-order valence-electron chi connectivity index (χ3n) is 5.13. The summed E-state index contributed by atoms with van der Waals surface area (Å²) in [7, 11) is 0. The zero-order valence-corrected chi connectivity index (χ0v) is 16.2. The lowest BCUT2D eigenvalue weighted by Gasteiger charge is -2.30. The van der Waals surface area contributed by atoms with Gasteiger partial charge in [0.05, 0.1) is 5.52 Å². The van der Waals surface area contributed by atoms with Crippen molar-refractivity contribution >= 4 is 40.5 Å². The Kier molecular flexibility index (Phi) is 5.46. The number of aromatic nitrogens is 2. The second-order valence-electron chi connectivity index (χ2n) is 7.22. The second-order valence-corrected chi connectivity index (χ2v) is 7.65. The van der Waals surface area contributed by atoms with E-state index in [9.17, 15) is 5.11 Å². The van der Waals surface area contributed by atoms with Gasteiger partial charge >= 0.3 is 0 Å². The molecule has 0 saturated heterocycles. The molecule has 3 aromatic rings. The highest BCUT2D eigenvalue weighted by Gasteiger charge is 2.23. The summed E-state index contributed by atoms with van der Waals surface area (Å²) in [6.45, 7) is 0. The van der Waals surface area contributed by atoms with Gasteiger partial charge in [-0.1, -0.05) is 42.7 Å². The Labute approximate surface area is 169 Å². The average Bonchev–Trinajstić information content (AvgIpc) is 2.70. The summed E-state index contributed by atoms with van der Waals surface area (Å²) in [5, 5.41) is 14.9. The van der Waals surface area contributed by atoms with Gasteiger partial charge < -0.3 is 16.2 Å². The molecular weight excluding hydrogens is 372 g/mol. The summed E-state index contributed by atoms with van der Waals surface area (Å²) in [5.41, 5.74) is 8.10. The maximum absolute atomic E-state index is 9.92. The molecule has 2 aromatic carbocycles. The van der Waals surface area contributed by atoms with Gasteiger partial charge in [0.2, 0.25) is 0 Å². The van der Waals surface area contributed by atoms with Crippen LogP contribution < -0.4 is 11.1 Å². The van der Waals surface area contributed by atoms with Crippen LogP contribution in [0.1, 0.15) is 37.1 Å². The van der Waals surface area contributed by atoms with Crippen molar-refractivity contribution < 1.29 is 5.11 Å². The number of nitrogens with one attached hydrogen (secondary N) is 1. The molecule has 144 valence electrons. The van der Waals surface area contributed by atoms with Gasteiger partial charge in [0, 0.05) is 22.5 Å². The molecule has 1 fully saturated rings. The zero-order chi connectivity index (χ0) is 19.5. The van der Waals surface area contributed by atoms with Gasteiger partial charge in [-0.15, -0.1) is 0 Å². The van der Waals surface area contributed by atoms with Crippen molar-refractivity contribution in [2.75, 3.05) is 5.32 Å². The second kappa shape index (κ2) is 8.17. The van der Waals surface area contributed by atoms with E-state index < -0.39 is 0 Å². The van der Waals surface area contributed by atoms with Gasteiger partial charge in [-0.3, -0.25) is 0 Å². The average molecular weight is 395 g/mol. The molecule has 0 aliphatic heterocycles. The molecule has 4 N–H and O–H groups in total. The van der Waals surface area contributed by atoms with Crippen LogP contribution in [0, 0.1) is 0 Å². The van der Waals surface area contributed by atoms with Gasteiger partial charge in [0.15, 0.2) is 5.82 Å². The predicted octanol–water partition coefficient (Wildman–Crippen LogP) is 4.84. The summed E-state index contributed by atoms with van der Waals surface area (Å²) >= 11 is 5.94. The van der Waals surface area contributed by atoms with Crippen LogP contribution in [0.25, 0.3) is 23.1 Å². The molecule has 5 nitrogen and oxygen atoms in total. The SMILES string of the molecule is NC1CCCCC1Nc1nc(/C=C/c2ccc(Cl)cc2)nc2ccc(O)cc12. The Hall–Kier alpha value is -2.63. The Morgan fingerprint density at radius 1 is 1.04 bits per heavy atom. The smallest absolute Gasteiger partial charge is 0.154 e. The van der Waals surface area contributed by atoms with E-state index in [1.54, 1.807) is 18.2 Å². The number of hydrogen-bond donors (Lipinski definition) is 3. The molecule has 1 aliphatic carbocycles. The highest BCUT2D eigenvalue weighted by atomic mass is 35.5. The lowest BCUT2D eigenvalue weighted by Crippen LogP contribution is -2.42. The van der Waals surface area contributed by atoms with E-state index in [2.05, 4.69) is 10.3 Å². The molecule has 1 saturated carbocycles. The predicted molar refractivity (Wildman–Crippen MR) is 115 cm³/mol. The first-order chi connectivity index (χ1) is 13.6. The third-order valence-corrected chi connectivity index (χ3v) is 5.38. The molecule has 2 atom stereocenters. The summed E-state index contributed by atoms with van der Waals surface area (Å²) < 4.78 is 0. The number of phenolic OH excluding ortho intramolecular Hbond substituents is 1. The van der Waals surface area contributed by atoms with Gasteiger partial charge in [0.1, 0.15) is 11.6 Å². The minimum atomic E-state index is 0.101. The molecule has 28 heavy (non-hydrogen) atoms. The molecule has 0 radical (unpaired) electrons. The summed E-state index contributed by atoms with van der Waals surface area (Å²) in [4.78, 5) is 9.32. The van der Waals surface area contributed by atoms with Gasteiger partial charge in [0.25, 0.3) is 0 Å². The minimum absolute atomic E-state index is 0.101. The van der Waals surface area contributed by atoms with Crippen molar-refractivity contribution in [3.05, 3.63) is 58.9 Å². The van der Waals surface area contributed by atoms with Crippen molar-refractivity contribution in [2.24, 2.45) is 5.73 Å². The maximum Gasteiger partial charge on any atom is 0.154 e. The van der Waals surface area contributed by atoms with Crippen LogP contribution >= 0.6 is 11.6 Å². The van der Waals surface area contributed by atoms with Crippen LogP contribution in [0.2, 0.25) is 5.02 Å². The molecule has 6 heteroatoms. The Morgan fingerprint density at radius 3 is 2.61 bits per heavy atom. The van der Waals surface area contributed by atoms with Crippen LogP contribution in [0.3, 0.4) is 0 Å². The van der Waals surface area contributed by atoms with Crippen LogP contribution in [0.5, 0.6) is 5.75 Å². The highest BCUT2D eigenvalue weighted by Crippen LogP contribution is 2.28. The van der Waals surface area contributed by atoms with E-state index in [-0.39, 0.29) is 17.8 Å². The first-order valence-corrected chi connectivity index (χ1v) is 9.93. The normalized spacial score (nSPS) is 19.9. The Bertz CT molecular complexity index is 1000. The van der Waals surface area contributed by atoms with Crippen LogP contribution in [-0.4, -0.2) is 27.2 Å². The number of aromatic hydroxyl groups is 1. The first kappa shape index (κ1) is 18.7. The maximum atomic E-state index is 9.92. The lowest BCUT2D eigenvalue weighted by atomic mass is 9.91. The molecule has 1 aliphatic rings. The monoisotopic (exact) mass is 394 g/mol. The standard InChI is InChI=1S/C22H23ClN4O/c23-15-8-5-14(6-9-15)7-12-21-25-19-11-10-16(28)13-17(19)22(27-21)26-20-4-2-1-3-18(20)24/h5-13,18,20,28H,1-4,24H2,(H,25,26,27)/b12-7+. The van der Waals surface area contributed by atoms with Crippen molar-refractivity contribution in [2.45, 2.75) is 37.8 Å². The van der Waals surface area contributed by atoms with Crippen molar-refractivity contribution in [1.29, 1.82) is 0 Å². The van der Waals surface area contributed by atoms with Gasteiger partial charge in [-0.05, 0) is 54.8 Å². The van der Waals surface area contributed by atoms with E-state index in [1.165, 1.54) is 6.42 Å². The highest BCUT2D eigenvalue weighted by molar-refractivity contribution is 6.30. The lowest BCUT2D eigenvalue weighted by molar-refractivity contribution is 0.403. The molecule has 0 spiro atoms. The van der Waals surface area contributed by atoms with Crippen molar-refractivity contribution in [3.63, 3.8) is 0 Å². The summed E-state index contributed by atoms with van der Waals surface area (Å²) in [6, 6.07) is 13.0. The number of fused-ring (bicyclic) bond motifs is 1. The number of hydrogen-bond acceptors (Lipinski definition) is 5. The number of benzene rings is 2.